The molecule has 1 aliphatic carbocycles. The summed E-state index contributed by atoms with van der Waals surface area (Å²) in [5.41, 5.74) is 4.90. The van der Waals surface area contributed by atoms with Gasteiger partial charge in [-0.1, -0.05) is 145 Å². The van der Waals surface area contributed by atoms with Gasteiger partial charge in [0, 0.05) is 12.0 Å². The van der Waals surface area contributed by atoms with Crippen molar-refractivity contribution in [3.8, 4) is 0 Å². The summed E-state index contributed by atoms with van der Waals surface area (Å²) in [6, 6.07) is 19.3. The molecule has 3 heteroatoms. The van der Waals surface area contributed by atoms with Gasteiger partial charge in [0.2, 0.25) is 0 Å². The summed E-state index contributed by atoms with van der Waals surface area (Å²) in [5.74, 6) is 1.09. The Labute approximate surface area is 242 Å². The number of unbranched alkanes of at least 4 members (excludes halogenated alkanes) is 10. The fourth-order valence-electron chi connectivity index (χ4n) is 4.92. The summed E-state index contributed by atoms with van der Waals surface area (Å²) in [5, 5.41) is 0.603. The zero-order chi connectivity index (χ0) is 26.9. The highest BCUT2D eigenvalue weighted by atomic mass is 32.2. The zero-order valence-electron chi connectivity index (χ0n) is 23.8. The number of allylic oxidation sites excluding steroid dienone is 2. The van der Waals surface area contributed by atoms with Crippen molar-refractivity contribution in [2.75, 3.05) is 5.75 Å². The van der Waals surface area contributed by atoms with Crippen LogP contribution in [-0.2, 0) is 11.2 Å². The van der Waals surface area contributed by atoms with Crippen LogP contribution in [-0.4, -0.2) is 15.7 Å². The number of hydrogen-bond acceptors (Lipinski definition) is 3. The molecule has 0 N–H and O–H groups in total. The molecular weight excluding hydrogens is 501 g/mol. The fourth-order valence-corrected chi connectivity index (χ4v) is 6.46. The normalized spacial score (nSPS) is 16.8. The molecule has 2 aromatic carbocycles. The predicted molar refractivity (Wildman–Crippen MR) is 173 cm³/mol. The monoisotopic (exact) mass is 548 g/mol. The van der Waals surface area contributed by atoms with Crippen LogP contribution in [0, 0.1) is 0 Å². The lowest BCUT2D eigenvalue weighted by molar-refractivity contribution is 0.211. The van der Waals surface area contributed by atoms with E-state index in [0.717, 1.165) is 24.2 Å². The third-order valence-electron chi connectivity index (χ3n) is 7.35. The van der Waals surface area contributed by atoms with Crippen molar-refractivity contribution in [1.82, 2.24) is 0 Å². The Morgan fingerprint density at radius 3 is 2.05 bits per heavy atom. The van der Waals surface area contributed by atoms with E-state index in [0.29, 0.717) is 5.05 Å². The molecule has 0 spiro atoms. The number of ether oxygens (including phenoxy) is 1. The number of thiocarbonyl (C=S) groups is 1. The molecule has 0 bridgehead atoms. The first-order valence-corrected chi connectivity index (χ1v) is 16.5. The summed E-state index contributed by atoms with van der Waals surface area (Å²) in [6.07, 6.45) is 24.7. The second-order valence-corrected chi connectivity index (χ2v) is 12.4. The van der Waals surface area contributed by atoms with E-state index in [2.05, 4.69) is 86.7 Å². The summed E-state index contributed by atoms with van der Waals surface area (Å²) in [4.78, 5) is -0.435. The maximum absolute atomic E-state index is 6.63. The van der Waals surface area contributed by atoms with Crippen LogP contribution in [0.3, 0.4) is 0 Å². The molecule has 1 unspecified atom stereocenters. The Balaban J connectivity index is 1.56. The third kappa shape index (κ3) is 10.7. The minimum atomic E-state index is -0.435. The highest BCUT2D eigenvalue weighted by Crippen LogP contribution is 2.39. The van der Waals surface area contributed by atoms with Gasteiger partial charge in [0.25, 0.3) is 0 Å². The quantitative estimate of drug-likeness (QED) is 0.104. The van der Waals surface area contributed by atoms with Crippen LogP contribution in [0.5, 0.6) is 0 Å². The molecule has 38 heavy (non-hydrogen) atoms. The molecule has 0 aromatic heterocycles. The van der Waals surface area contributed by atoms with Crippen molar-refractivity contribution < 1.29 is 4.74 Å². The Morgan fingerprint density at radius 1 is 0.789 bits per heavy atom. The van der Waals surface area contributed by atoms with Crippen LogP contribution in [0.25, 0.3) is 5.57 Å². The van der Waals surface area contributed by atoms with Crippen molar-refractivity contribution in [2.24, 2.45) is 0 Å². The zero-order valence-corrected chi connectivity index (χ0v) is 25.4. The van der Waals surface area contributed by atoms with Crippen LogP contribution in [0.2, 0.25) is 0 Å². The van der Waals surface area contributed by atoms with Gasteiger partial charge in [-0.3, -0.25) is 0 Å². The van der Waals surface area contributed by atoms with Crippen molar-refractivity contribution in [3.63, 3.8) is 0 Å². The molecule has 0 saturated heterocycles. The van der Waals surface area contributed by atoms with E-state index in [4.69, 9.17) is 17.0 Å². The molecule has 206 valence electrons. The molecule has 1 nitrogen and oxygen atoms in total. The van der Waals surface area contributed by atoms with Crippen LogP contribution in [0.15, 0.2) is 72.8 Å². The van der Waals surface area contributed by atoms with Crippen LogP contribution in [0.1, 0.15) is 114 Å². The van der Waals surface area contributed by atoms with Gasteiger partial charge < -0.3 is 4.74 Å². The van der Waals surface area contributed by atoms with Crippen LogP contribution < -0.4 is 0 Å². The summed E-state index contributed by atoms with van der Waals surface area (Å²) < 4.78 is 6.63. The van der Waals surface area contributed by atoms with Crippen molar-refractivity contribution >= 4 is 34.6 Å². The highest BCUT2D eigenvalue weighted by Gasteiger charge is 2.32. The lowest BCUT2D eigenvalue weighted by atomic mass is 9.98. The lowest BCUT2D eigenvalue weighted by Gasteiger charge is -2.33. The molecule has 1 aliphatic rings. The van der Waals surface area contributed by atoms with Gasteiger partial charge in [-0.15, -0.1) is 11.8 Å². The van der Waals surface area contributed by atoms with Crippen molar-refractivity contribution in [1.29, 1.82) is 0 Å². The molecule has 1 atom stereocenters. The number of aryl methyl sites for hydroxylation is 1. The molecular formula is C35H48OS2. The maximum atomic E-state index is 6.63. The van der Waals surface area contributed by atoms with Gasteiger partial charge in [-0.2, -0.15) is 0 Å². The number of hydrogen-bond donors (Lipinski definition) is 0. The van der Waals surface area contributed by atoms with E-state index in [9.17, 15) is 0 Å². The minimum absolute atomic E-state index is 0.435. The van der Waals surface area contributed by atoms with Crippen LogP contribution in [0.4, 0.5) is 0 Å². The summed E-state index contributed by atoms with van der Waals surface area (Å²) >= 11 is 7.75. The van der Waals surface area contributed by atoms with E-state index >= 15 is 0 Å². The fraction of sp³-hybridized carbons (Fsp3) is 0.514. The van der Waals surface area contributed by atoms with Crippen molar-refractivity contribution in [3.05, 3.63) is 89.5 Å². The SMILES string of the molecule is CCCCCCCCCCCSC1(OC(=S)c2ccc(CCCCC)cc2)C=CC(c2ccccc2)=CC1. The largest absolute Gasteiger partial charge is 0.461 e. The minimum Gasteiger partial charge on any atom is -0.461 e. The standard InChI is InChI=1S/C35H48OS2/c1-3-5-7-8-9-10-11-12-17-29-38-35(27-25-32(26-28-35)31-19-15-13-16-20-31)36-34(37)33-23-21-30(22-24-33)18-14-6-4-2/h13,15-16,19-27H,3-12,14,17-18,28-29H2,1-2H3. The summed E-state index contributed by atoms with van der Waals surface area (Å²) in [7, 11) is 0. The van der Waals surface area contributed by atoms with E-state index in [1.807, 2.05) is 11.8 Å². The Bertz CT molecular complexity index is 992. The Hall–Kier alpha value is -1.84. The van der Waals surface area contributed by atoms with Gasteiger partial charge >= 0.3 is 0 Å². The second-order valence-electron chi connectivity index (χ2n) is 10.6. The molecule has 3 rings (SSSR count). The number of benzene rings is 2. The molecule has 0 saturated carbocycles. The van der Waals surface area contributed by atoms with E-state index in [1.54, 1.807) is 0 Å². The Kier molecular flexibility index (Phi) is 14.3. The first kappa shape index (κ1) is 30.7. The molecule has 0 radical (unpaired) electrons. The molecule has 0 aliphatic heterocycles. The average molecular weight is 549 g/mol. The third-order valence-corrected chi connectivity index (χ3v) is 9.04. The lowest BCUT2D eigenvalue weighted by Crippen LogP contribution is -2.30. The van der Waals surface area contributed by atoms with Crippen molar-refractivity contribution in [2.45, 2.75) is 109 Å². The molecule has 0 fully saturated rings. The average Bonchev–Trinajstić information content (AvgIpc) is 2.95. The summed E-state index contributed by atoms with van der Waals surface area (Å²) in [6.45, 7) is 4.53. The molecule has 2 aromatic rings. The predicted octanol–water partition coefficient (Wildman–Crippen LogP) is 11.1. The maximum Gasteiger partial charge on any atom is 0.193 e. The molecule has 0 amide bonds. The number of thioether (sulfide) groups is 1. The van der Waals surface area contributed by atoms with E-state index in [1.165, 1.54) is 93.7 Å². The van der Waals surface area contributed by atoms with Crippen LogP contribution >= 0.6 is 24.0 Å². The van der Waals surface area contributed by atoms with E-state index < -0.39 is 4.93 Å². The second kappa shape index (κ2) is 17.7. The van der Waals surface area contributed by atoms with Gasteiger partial charge in [-0.25, -0.2) is 0 Å². The Morgan fingerprint density at radius 2 is 1.42 bits per heavy atom. The van der Waals surface area contributed by atoms with Gasteiger partial charge in [0.05, 0.1) is 0 Å². The van der Waals surface area contributed by atoms with E-state index in [-0.39, 0.29) is 0 Å². The van der Waals surface area contributed by atoms with Gasteiger partial charge in [0.1, 0.15) is 0 Å². The first-order valence-electron chi connectivity index (χ1n) is 15.1. The number of rotatable bonds is 18. The highest BCUT2D eigenvalue weighted by molar-refractivity contribution is 8.00. The van der Waals surface area contributed by atoms with Gasteiger partial charge in [0.15, 0.2) is 9.98 Å². The first-order chi connectivity index (χ1) is 18.7. The smallest absolute Gasteiger partial charge is 0.193 e. The van der Waals surface area contributed by atoms with Gasteiger partial charge in [-0.05, 0) is 60.0 Å². The molecule has 0 heterocycles. The topological polar surface area (TPSA) is 9.23 Å².